The number of nitrogens with one attached hydrogen (secondary N) is 1. The summed E-state index contributed by atoms with van der Waals surface area (Å²) in [5.41, 5.74) is 1.81. The number of nitrogens with zero attached hydrogens (tertiary/aromatic N) is 1. The summed E-state index contributed by atoms with van der Waals surface area (Å²) in [7, 11) is 0. The zero-order valence-electron chi connectivity index (χ0n) is 20.1. The van der Waals surface area contributed by atoms with Gasteiger partial charge in [0.2, 0.25) is 11.8 Å². The van der Waals surface area contributed by atoms with Gasteiger partial charge in [0.15, 0.2) is 12.4 Å². The summed E-state index contributed by atoms with van der Waals surface area (Å²) in [4.78, 5) is 51.6. The Morgan fingerprint density at radius 1 is 0.973 bits per heavy atom. The Balaban J connectivity index is 1.31. The molecule has 0 bridgehead atoms. The Bertz CT molecular complexity index is 1310. The number of para-hydroxylation sites is 2. The predicted octanol–water partition coefficient (Wildman–Crippen LogP) is 4.88. The summed E-state index contributed by atoms with van der Waals surface area (Å²) >= 11 is 3.31. The summed E-state index contributed by atoms with van der Waals surface area (Å²) in [6, 6.07) is 20.2. The fourth-order valence-corrected chi connectivity index (χ4v) is 4.21. The molecule has 4 rings (SSSR count). The van der Waals surface area contributed by atoms with Crippen LogP contribution in [0.2, 0.25) is 0 Å². The minimum atomic E-state index is -0.645. The molecule has 37 heavy (non-hydrogen) atoms. The number of anilines is 2. The Kier molecular flexibility index (Phi) is 8.35. The van der Waals surface area contributed by atoms with Gasteiger partial charge in [0.1, 0.15) is 5.75 Å². The molecule has 0 unspecified atom stereocenters. The number of hydrogen-bond donors (Lipinski definition) is 1. The van der Waals surface area contributed by atoms with Gasteiger partial charge in [-0.2, -0.15) is 0 Å². The second kappa shape index (κ2) is 11.8. The maximum atomic E-state index is 12.8. The molecule has 0 saturated carbocycles. The number of benzene rings is 3. The van der Waals surface area contributed by atoms with Crippen LogP contribution in [0.5, 0.6) is 5.75 Å². The van der Waals surface area contributed by atoms with Crippen LogP contribution in [0.4, 0.5) is 11.4 Å². The third-order valence-corrected chi connectivity index (χ3v) is 6.37. The second-order valence-electron chi connectivity index (χ2n) is 8.38. The molecule has 1 N–H and O–H groups in total. The van der Waals surface area contributed by atoms with Crippen molar-refractivity contribution in [3.63, 3.8) is 0 Å². The topological polar surface area (TPSA) is 102 Å². The minimum absolute atomic E-state index is 0.0864. The quantitative estimate of drug-likeness (QED) is 0.293. The van der Waals surface area contributed by atoms with E-state index in [1.165, 1.54) is 12.1 Å². The lowest BCUT2D eigenvalue weighted by Crippen LogP contribution is -2.28. The molecule has 0 radical (unpaired) electrons. The number of Topliss-reactive ketones (excluding diaryl/α,β-unsaturated/α-hetero) is 1. The van der Waals surface area contributed by atoms with Crippen molar-refractivity contribution in [3.8, 4) is 5.75 Å². The highest BCUT2D eigenvalue weighted by Gasteiger charge is 2.36. The van der Waals surface area contributed by atoms with E-state index >= 15 is 0 Å². The molecule has 1 aliphatic heterocycles. The van der Waals surface area contributed by atoms with Gasteiger partial charge in [0.25, 0.3) is 0 Å². The number of hydrogen-bond acceptors (Lipinski definition) is 6. The first kappa shape index (κ1) is 26.1. The van der Waals surface area contributed by atoms with Gasteiger partial charge in [-0.15, -0.1) is 0 Å². The molecule has 190 valence electrons. The van der Waals surface area contributed by atoms with Crippen LogP contribution in [0.15, 0.2) is 77.3 Å². The predicted molar refractivity (Wildman–Crippen MR) is 142 cm³/mol. The second-order valence-corrected chi connectivity index (χ2v) is 9.29. The molecule has 9 heteroatoms. The number of ketones is 1. The van der Waals surface area contributed by atoms with Gasteiger partial charge >= 0.3 is 5.97 Å². The fraction of sp³-hybridized carbons (Fsp3) is 0.214. The molecule has 8 nitrogen and oxygen atoms in total. The molecule has 3 aromatic carbocycles. The van der Waals surface area contributed by atoms with Crippen LogP contribution < -0.4 is 15.0 Å². The maximum absolute atomic E-state index is 12.8. The number of halogens is 1. The van der Waals surface area contributed by atoms with Crippen LogP contribution in [-0.2, 0) is 14.3 Å². The normalized spacial score (nSPS) is 14.8. The highest BCUT2D eigenvalue weighted by Crippen LogP contribution is 2.33. The summed E-state index contributed by atoms with van der Waals surface area (Å²) in [5.74, 6) is -1.33. The molecule has 1 aliphatic rings. The lowest BCUT2D eigenvalue weighted by atomic mass is 10.1. The van der Waals surface area contributed by atoms with Crippen molar-refractivity contribution >= 4 is 50.9 Å². The van der Waals surface area contributed by atoms with Crippen molar-refractivity contribution in [1.82, 2.24) is 0 Å². The van der Waals surface area contributed by atoms with Crippen molar-refractivity contribution in [1.29, 1.82) is 0 Å². The van der Waals surface area contributed by atoms with E-state index in [0.29, 0.717) is 29.3 Å². The number of esters is 1. The van der Waals surface area contributed by atoms with Crippen LogP contribution in [0.1, 0.15) is 34.1 Å². The van der Waals surface area contributed by atoms with Gasteiger partial charge in [-0.3, -0.25) is 14.4 Å². The fourth-order valence-electron chi connectivity index (χ4n) is 3.94. The number of rotatable bonds is 9. The molecule has 0 spiro atoms. The van der Waals surface area contributed by atoms with Crippen molar-refractivity contribution in [2.45, 2.75) is 13.3 Å². The largest absolute Gasteiger partial charge is 0.492 e. The van der Waals surface area contributed by atoms with Crippen LogP contribution in [0.25, 0.3) is 0 Å². The monoisotopic (exact) mass is 564 g/mol. The Morgan fingerprint density at radius 2 is 1.65 bits per heavy atom. The van der Waals surface area contributed by atoms with Crippen LogP contribution in [0, 0.1) is 5.92 Å². The summed E-state index contributed by atoms with van der Waals surface area (Å²) in [6.45, 7) is 2.20. The first-order chi connectivity index (χ1) is 17.9. The Labute approximate surface area is 222 Å². The molecule has 1 saturated heterocycles. The zero-order chi connectivity index (χ0) is 26.4. The summed E-state index contributed by atoms with van der Waals surface area (Å²) in [5, 5.41) is 2.80. The van der Waals surface area contributed by atoms with E-state index in [9.17, 15) is 19.2 Å². The molecule has 0 aliphatic carbocycles. The van der Waals surface area contributed by atoms with Gasteiger partial charge in [0.05, 0.1) is 23.8 Å². The Morgan fingerprint density at radius 3 is 2.35 bits per heavy atom. The molecule has 2 amide bonds. The minimum Gasteiger partial charge on any atom is -0.492 e. The van der Waals surface area contributed by atoms with Crippen molar-refractivity contribution in [3.05, 3.63) is 88.4 Å². The van der Waals surface area contributed by atoms with E-state index in [-0.39, 0.29) is 42.7 Å². The van der Waals surface area contributed by atoms with Crippen LogP contribution >= 0.6 is 15.9 Å². The van der Waals surface area contributed by atoms with Gasteiger partial charge in [-0.25, -0.2) is 4.79 Å². The van der Waals surface area contributed by atoms with Crippen molar-refractivity contribution in [2.24, 2.45) is 5.92 Å². The summed E-state index contributed by atoms with van der Waals surface area (Å²) in [6.07, 6.45) is 0.0864. The third-order valence-electron chi connectivity index (χ3n) is 5.84. The van der Waals surface area contributed by atoms with Crippen LogP contribution in [-0.4, -0.2) is 43.3 Å². The summed E-state index contributed by atoms with van der Waals surface area (Å²) < 4.78 is 11.6. The maximum Gasteiger partial charge on any atom is 0.338 e. The van der Waals surface area contributed by atoms with E-state index in [4.69, 9.17) is 9.47 Å². The van der Waals surface area contributed by atoms with Crippen molar-refractivity contribution in [2.75, 3.05) is 30.0 Å². The van der Waals surface area contributed by atoms with Gasteiger partial charge in [-0.1, -0.05) is 40.2 Å². The number of carbonyl (C=O) groups is 4. The smallest absolute Gasteiger partial charge is 0.338 e. The molecule has 1 atom stereocenters. The molecule has 0 aromatic heterocycles. The lowest BCUT2D eigenvalue weighted by Gasteiger charge is -2.20. The first-order valence-corrected chi connectivity index (χ1v) is 12.5. The van der Waals surface area contributed by atoms with E-state index in [2.05, 4.69) is 21.2 Å². The van der Waals surface area contributed by atoms with Gasteiger partial charge in [0, 0.05) is 28.7 Å². The third kappa shape index (κ3) is 6.42. The molecular weight excluding hydrogens is 540 g/mol. The number of ether oxygens (including phenoxy) is 2. The average molecular weight is 565 g/mol. The SMILES string of the molecule is CCOc1ccccc1N1C[C@H](C(=O)Nc2ccc(C(=O)OCC(=O)c3ccc(Br)cc3)cc2)CC1=O. The highest BCUT2D eigenvalue weighted by molar-refractivity contribution is 9.10. The molecule has 1 fully saturated rings. The number of amides is 2. The van der Waals surface area contributed by atoms with E-state index in [1.807, 2.05) is 19.1 Å². The molecule has 3 aromatic rings. The van der Waals surface area contributed by atoms with Gasteiger partial charge < -0.3 is 19.7 Å². The van der Waals surface area contributed by atoms with E-state index in [0.717, 1.165) is 4.47 Å². The number of carbonyl (C=O) groups excluding carboxylic acids is 4. The Hall–Kier alpha value is -3.98. The van der Waals surface area contributed by atoms with E-state index in [1.54, 1.807) is 53.4 Å². The standard InChI is InChI=1S/C28H25BrN2O6/c1-2-36-25-6-4-3-5-23(25)31-16-20(15-26(31)33)27(34)30-22-13-9-19(10-14-22)28(35)37-17-24(32)18-7-11-21(29)12-8-18/h3-14,20H,2,15-17H2,1H3,(H,30,34)/t20-/m1/s1. The zero-order valence-corrected chi connectivity index (χ0v) is 21.7. The van der Waals surface area contributed by atoms with Crippen molar-refractivity contribution < 1.29 is 28.7 Å². The van der Waals surface area contributed by atoms with E-state index < -0.39 is 11.9 Å². The molecular formula is C28H25BrN2O6. The van der Waals surface area contributed by atoms with Gasteiger partial charge in [-0.05, 0) is 55.5 Å². The lowest BCUT2D eigenvalue weighted by molar-refractivity contribution is -0.122. The highest BCUT2D eigenvalue weighted by atomic mass is 79.9. The van der Waals surface area contributed by atoms with Crippen LogP contribution in [0.3, 0.4) is 0 Å². The molecule has 1 heterocycles. The average Bonchev–Trinajstić information content (AvgIpc) is 3.30. The first-order valence-electron chi connectivity index (χ1n) is 11.7.